The molecule has 3 amide bonds. The maximum atomic E-state index is 13.2. The minimum Gasteiger partial charge on any atom is -0.480 e. The molecule has 230 valence electrons. The molecule has 2 saturated heterocycles. The number of ether oxygens (including phenoxy) is 3. The summed E-state index contributed by atoms with van der Waals surface area (Å²) in [6.45, 7) is 2.38. The predicted octanol–water partition coefficient (Wildman–Crippen LogP) is 2.59. The lowest BCUT2D eigenvalue weighted by atomic mass is 10.0. The quantitative estimate of drug-likeness (QED) is 0.336. The summed E-state index contributed by atoms with van der Waals surface area (Å²) in [6, 6.07) is 21.8. The van der Waals surface area contributed by atoms with Crippen LogP contribution in [0.2, 0.25) is 0 Å². The molecule has 2 fully saturated rings. The van der Waals surface area contributed by atoms with Crippen LogP contribution in [-0.2, 0) is 30.3 Å². The van der Waals surface area contributed by atoms with Gasteiger partial charge < -0.3 is 39.8 Å². The highest BCUT2D eigenvalue weighted by atomic mass is 16.7. The first-order valence-electron chi connectivity index (χ1n) is 14.2. The van der Waals surface area contributed by atoms with E-state index in [1.165, 1.54) is 0 Å². The third-order valence-corrected chi connectivity index (χ3v) is 7.50. The van der Waals surface area contributed by atoms with Crippen LogP contribution in [0, 0.1) is 0 Å². The number of amides is 3. The molecule has 0 saturated carbocycles. The van der Waals surface area contributed by atoms with Crippen molar-refractivity contribution in [3.63, 3.8) is 0 Å². The van der Waals surface area contributed by atoms with Crippen molar-refractivity contribution in [3.05, 3.63) is 84.4 Å². The van der Waals surface area contributed by atoms with E-state index in [4.69, 9.17) is 14.2 Å². The van der Waals surface area contributed by atoms with E-state index in [2.05, 4.69) is 15.5 Å². The number of para-hydroxylation sites is 1. The minimum atomic E-state index is -1.35. The fraction of sp³-hybridized carbons (Fsp3) is 0.312. The number of benzene rings is 3. The van der Waals surface area contributed by atoms with Gasteiger partial charge in [-0.15, -0.1) is 0 Å². The van der Waals surface area contributed by atoms with Crippen LogP contribution >= 0.6 is 0 Å². The molecule has 12 heteroatoms. The fourth-order valence-corrected chi connectivity index (χ4v) is 4.99. The number of hydrogen-bond donors (Lipinski definition) is 3. The summed E-state index contributed by atoms with van der Waals surface area (Å²) in [5.74, 6) is -2.32. The van der Waals surface area contributed by atoms with Gasteiger partial charge in [-0.1, -0.05) is 60.7 Å². The molecule has 12 nitrogen and oxygen atoms in total. The Labute approximate surface area is 254 Å². The van der Waals surface area contributed by atoms with Gasteiger partial charge in [-0.2, -0.15) is 0 Å². The molecule has 2 heterocycles. The van der Waals surface area contributed by atoms with Gasteiger partial charge in [-0.05, 0) is 36.4 Å². The third kappa shape index (κ3) is 7.59. The SMILES string of the molecule is CN1CCN(C(=O)Oc2ccc(C[C@H](NC(=O)[C@@H]3OCO[C@H]3C(=O)Nc3ccccc3-c3ccccc3)C(=O)O)cc2)CC1. The van der Waals surface area contributed by atoms with Crippen LogP contribution in [0.5, 0.6) is 5.75 Å². The minimum absolute atomic E-state index is 0.0529. The van der Waals surface area contributed by atoms with Gasteiger partial charge in [0, 0.05) is 43.9 Å². The van der Waals surface area contributed by atoms with Crippen molar-refractivity contribution in [1.82, 2.24) is 15.1 Å². The van der Waals surface area contributed by atoms with Crippen LogP contribution in [0.15, 0.2) is 78.9 Å². The number of carboxylic acids is 1. The van der Waals surface area contributed by atoms with Gasteiger partial charge in [0.2, 0.25) is 0 Å². The Kier molecular flexibility index (Phi) is 9.85. The monoisotopic (exact) mass is 602 g/mol. The maximum Gasteiger partial charge on any atom is 0.415 e. The van der Waals surface area contributed by atoms with Crippen LogP contribution in [0.4, 0.5) is 10.5 Å². The van der Waals surface area contributed by atoms with Gasteiger partial charge in [0.1, 0.15) is 18.6 Å². The second-order valence-corrected chi connectivity index (χ2v) is 10.6. The third-order valence-electron chi connectivity index (χ3n) is 7.50. The molecule has 3 atom stereocenters. The molecule has 0 aliphatic carbocycles. The summed E-state index contributed by atoms with van der Waals surface area (Å²) in [7, 11) is 1.99. The number of nitrogens with one attached hydrogen (secondary N) is 2. The summed E-state index contributed by atoms with van der Waals surface area (Å²) in [5, 5.41) is 15.1. The van der Waals surface area contributed by atoms with E-state index in [1.807, 2.05) is 49.5 Å². The zero-order valence-electron chi connectivity index (χ0n) is 24.2. The molecule has 44 heavy (non-hydrogen) atoms. The van der Waals surface area contributed by atoms with E-state index >= 15 is 0 Å². The molecular formula is C32H34N4O8. The molecule has 0 radical (unpaired) electrons. The number of nitrogens with zero attached hydrogens (tertiary/aromatic N) is 2. The molecule has 2 aliphatic rings. The van der Waals surface area contributed by atoms with E-state index in [9.17, 15) is 24.3 Å². The fourth-order valence-electron chi connectivity index (χ4n) is 4.99. The van der Waals surface area contributed by atoms with Gasteiger partial charge in [-0.25, -0.2) is 9.59 Å². The summed E-state index contributed by atoms with van der Waals surface area (Å²) >= 11 is 0. The number of rotatable bonds is 9. The van der Waals surface area contributed by atoms with Crippen LogP contribution < -0.4 is 15.4 Å². The molecule has 0 unspecified atom stereocenters. The lowest BCUT2D eigenvalue weighted by Crippen LogP contribution is -2.51. The Morgan fingerprint density at radius 1 is 0.864 bits per heavy atom. The van der Waals surface area contributed by atoms with Gasteiger partial charge in [0.05, 0.1) is 0 Å². The Morgan fingerprint density at radius 2 is 1.50 bits per heavy atom. The highest BCUT2D eigenvalue weighted by Gasteiger charge is 2.42. The molecule has 3 N–H and O–H groups in total. The zero-order chi connectivity index (χ0) is 31.1. The molecule has 0 bridgehead atoms. The largest absolute Gasteiger partial charge is 0.480 e. The van der Waals surface area contributed by atoms with Gasteiger partial charge in [0.15, 0.2) is 12.2 Å². The van der Waals surface area contributed by atoms with Gasteiger partial charge in [-0.3, -0.25) is 9.59 Å². The Balaban J connectivity index is 1.18. The van der Waals surface area contributed by atoms with Crippen molar-refractivity contribution >= 4 is 29.6 Å². The molecule has 3 aromatic carbocycles. The van der Waals surface area contributed by atoms with Crippen LogP contribution in [0.25, 0.3) is 11.1 Å². The summed E-state index contributed by atoms with van der Waals surface area (Å²) < 4.78 is 16.3. The average molecular weight is 603 g/mol. The molecular weight excluding hydrogens is 568 g/mol. The Morgan fingerprint density at radius 3 is 2.18 bits per heavy atom. The van der Waals surface area contributed by atoms with Gasteiger partial charge >= 0.3 is 12.1 Å². The van der Waals surface area contributed by atoms with Gasteiger partial charge in [0.25, 0.3) is 11.8 Å². The Hall–Kier alpha value is -4.78. The smallest absolute Gasteiger partial charge is 0.415 e. The van der Waals surface area contributed by atoms with Crippen molar-refractivity contribution in [2.75, 3.05) is 45.3 Å². The average Bonchev–Trinajstić information content (AvgIpc) is 3.53. The topological polar surface area (TPSA) is 147 Å². The first-order valence-corrected chi connectivity index (χ1v) is 14.2. The number of likely N-dealkylation sites (N-methyl/N-ethyl adjacent to an activating group) is 1. The number of anilines is 1. The second-order valence-electron chi connectivity index (χ2n) is 10.6. The second kappa shape index (κ2) is 14.1. The van der Waals surface area contributed by atoms with Crippen LogP contribution in [0.3, 0.4) is 0 Å². The number of carbonyl (C=O) groups is 4. The van der Waals surface area contributed by atoms with E-state index < -0.39 is 42.1 Å². The summed E-state index contributed by atoms with van der Waals surface area (Å²) in [5.41, 5.74) is 2.80. The standard InChI is InChI=1S/C32H34N4O8/c1-35-15-17-36(18-16-35)32(41)44-23-13-11-21(12-14-23)19-26(31(39)40)34-30(38)28-27(42-20-43-28)29(37)33-25-10-6-5-9-24(25)22-7-3-2-4-8-22/h2-14,26-28H,15-20H2,1H3,(H,33,37)(H,34,38)(H,39,40)/t26-,27+,28+/m0/s1. The molecule has 3 aromatic rings. The van der Waals surface area contributed by atoms with Crippen LogP contribution in [0.1, 0.15) is 5.56 Å². The summed E-state index contributed by atoms with van der Waals surface area (Å²) in [4.78, 5) is 54.6. The van der Waals surface area contributed by atoms with Crippen molar-refractivity contribution in [1.29, 1.82) is 0 Å². The highest BCUT2D eigenvalue weighted by Crippen LogP contribution is 2.28. The molecule has 2 aliphatic heterocycles. The number of carbonyl (C=O) groups excluding carboxylic acids is 3. The van der Waals surface area contributed by atoms with Crippen molar-refractivity contribution in [2.24, 2.45) is 0 Å². The highest BCUT2D eigenvalue weighted by molar-refractivity contribution is 6.01. The normalized spacial score (nSPS) is 19.2. The predicted molar refractivity (Wildman–Crippen MR) is 160 cm³/mol. The first-order chi connectivity index (χ1) is 21.3. The van der Waals surface area contributed by atoms with E-state index in [0.717, 1.165) is 24.2 Å². The van der Waals surface area contributed by atoms with Crippen molar-refractivity contribution in [2.45, 2.75) is 24.7 Å². The number of carboxylic acid groups (broad SMARTS) is 1. The van der Waals surface area contributed by atoms with E-state index in [-0.39, 0.29) is 13.2 Å². The van der Waals surface area contributed by atoms with E-state index in [0.29, 0.717) is 30.1 Å². The lowest BCUT2D eigenvalue weighted by molar-refractivity contribution is -0.144. The van der Waals surface area contributed by atoms with Crippen molar-refractivity contribution < 1.29 is 38.5 Å². The maximum absolute atomic E-state index is 13.2. The Bertz CT molecular complexity index is 1480. The number of piperazine rings is 1. The molecule has 0 aromatic heterocycles. The van der Waals surface area contributed by atoms with Crippen molar-refractivity contribution in [3.8, 4) is 16.9 Å². The zero-order valence-corrected chi connectivity index (χ0v) is 24.2. The number of hydrogen-bond acceptors (Lipinski definition) is 8. The summed E-state index contributed by atoms with van der Waals surface area (Å²) in [6.07, 6.45) is -3.13. The molecule has 0 spiro atoms. The first kappa shape index (κ1) is 30.7. The lowest BCUT2D eigenvalue weighted by Gasteiger charge is -2.31. The van der Waals surface area contributed by atoms with Crippen LogP contribution in [-0.4, -0.2) is 97.1 Å². The molecule has 5 rings (SSSR count). The van der Waals surface area contributed by atoms with E-state index in [1.54, 1.807) is 41.3 Å². The number of aliphatic carboxylic acids is 1.